The first-order valence-electron chi connectivity index (χ1n) is 6.01. The van der Waals surface area contributed by atoms with Crippen molar-refractivity contribution >= 4 is 11.6 Å². The highest BCUT2D eigenvalue weighted by atomic mass is 15.2. The van der Waals surface area contributed by atoms with Crippen LogP contribution in [0.3, 0.4) is 0 Å². The molecule has 4 heteroatoms. The molecule has 4 nitrogen and oxygen atoms in total. The van der Waals surface area contributed by atoms with E-state index in [1.165, 1.54) is 12.8 Å². The molecule has 90 valence electrons. The molecule has 16 heavy (non-hydrogen) atoms. The third kappa shape index (κ3) is 3.08. The number of nitrogens with zero attached hydrogens (tertiary/aromatic N) is 3. The molecule has 0 radical (unpaired) electrons. The lowest BCUT2D eigenvalue weighted by Gasteiger charge is -2.21. The summed E-state index contributed by atoms with van der Waals surface area (Å²) in [7, 11) is 2.07. The van der Waals surface area contributed by atoms with Gasteiger partial charge < -0.3 is 10.6 Å². The van der Waals surface area contributed by atoms with Gasteiger partial charge in [-0.2, -0.15) is 0 Å². The minimum absolute atomic E-state index is 0.621. The molecule has 0 aliphatic heterocycles. The van der Waals surface area contributed by atoms with E-state index in [1.807, 2.05) is 0 Å². The normalized spacial score (nSPS) is 10.4. The Bertz CT molecular complexity index is 325. The van der Waals surface area contributed by atoms with E-state index in [2.05, 4.69) is 35.8 Å². The van der Waals surface area contributed by atoms with Crippen molar-refractivity contribution in [3.63, 3.8) is 0 Å². The molecule has 0 bridgehead atoms. The SMILES string of the molecule is CCCCN(C)c1ncnc(N)c1CCC. The number of aromatic nitrogens is 2. The number of hydrogen-bond acceptors (Lipinski definition) is 4. The predicted octanol–water partition coefficient (Wildman–Crippen LogP) is 2.25. The first kappa shape index (κ1) is 12.7. The van der Waals surface area contributed by atoms with Crippen LogP contribution < -0.4 is 10.6 Å². The lowest BCUT2D eigenvalue weighted by molar-refractivity contribution is 0.751. The van der Waals surface area contributed by atoms with E-state index in [0.717, 1.165) is 30.8 Å². The topological polar surface area (TPSA) is 55.0 Å². The largest absolute Gasteiger partial charge is 0.383 e. The van der Waals surface area contributed by atoms with Crippen LogP contribution in [0.5, 0.6) is 0 Å². The van der Waals surface area contributed by atoms with Gasteiger partial charge in [0.15, 0.2) is 0 Å². The van der Waals surface area contributed by atoms with Crippen LogP contribution in [0.25, 0.3) is 0 Å². The maximum atomic E-state index is 5.90. The third-order valence-electron chi connectivity index (χ3n) is 2.66. The van der Waals surface area contributed by atoms with Gasteiger partial charge in [0, 0.05) is 19.2 Å². The molecule has 2 N–H and O–H groups in total. The zero-order valence-corrected chi connectivity index (χ0v) is 10.5. The Morgan fingerprint density at radius 3 is 2.62 bits per heavy atom. The van der Waals surface area contributed by atoms with Crippen LogP contribution in [0.2, 0.25) is 0 Å². The van der Waals surface area contributed by atoms with E-state index >= 15 is 0 Å². The van der Waals surface area contributed by atoms with Gasteiger partial charge in [-0.25, -0.2) is 9.97 Å². The third-order valence-corrected chi connectivity index (χ3v) is 2.66. The summed E-state index contributed by atoms with van der Waals surface area (Å²) in [5.41, 5.74) is 6.98. The molecule has 1 aromatic heterocycles. The molecule has 1 rings (SSSR count). The average Bonchev–Trinajstić information content (AvgIpc) is 2.29. The van der Waals surface area contributed by atoms with Crippen LogP contribution in [0.1, 0.15) is 38.7 Å². The van der Waals surface area contributed by atoms with Crippen molar-refractivity contribution < 1.29 is 0 Å². The minimum Gasteiger partial charge on any atom is -0.383 e. The van der Waals surface area contributed by atoms with E-state index < -0.39 is 0 Å². The first-order chi connectivity index (χ1) is 7.70. The number of unbranched alkanes of at least 4 members (excludes halogenated alkanes) is 1. The number of nitrogens with two attached hydrogens (primary N) is 1. The second-order valence-electron chi connectivity index (χ2n) is 4.09. The molecule has 0 saturated carbocycles. The Morgan fingerprint density at radius 1 is 1.25 bits per heavy atom. The molecule has 0 amide bonds. The van der Waals surface area contributed by atoms with Crippen molar-refractivity contribution in [1.29, 1.82) is 0 Å². The van der Waals surface area contributed by atoms with Gasteiger partial charge >= 0.3 is 0 Å². The van der Waals surface area contributed by atoms with Crippen molar-refractivity contribution in [3.8, 4) is 0 Å². The highest BCUT2D eigenvalue weighted by Crippen LogP contribution is 2.22. The van der Waals surface area contributed by atoms with Gasteiger partial charge in [0.25, 0.3) is 0 Å². The second-order valence-corrected chi connectivity index (χ2v) is 4.09. The van der Waals surface area contributed by atoms with Gasteiger partial charge in [0.05, 0.1) is 0 Å². The van der Waals surface area contributed by atoms with Crippen molar-refractivity contribution in [2.24, 2.45) is 0 Å². The van der Waals surface area contributed by atoms with E-state index in [-0.39, 0.29) is 0 Å². The summed E-state index contributed by atoms with van der Waals surface area (Å²) in [6.45, 7) is 5.35. The van der Waals surface area contributed by atoms with E-state index in [9.17, 15) is 0 Å². The molecule has 0 atom stereocenters. The molecular formula is C12H22N4. The van der Waals surface area contributed by atoms with Crippen LogP contribution in [0.15, 0.2) is 6.33 Å². The van der Waals surface area contributed by atoms with Gasteiger partial charge in [0.1, 0.15) is 18.0 Å². The molecule has 0 spiro atoms. The maximum absolute atomic E-state index is 5.90. The molecular weight excluding hydrogens is 200 g/mol. The molecule has 1 aromatic rings. The van der Waals surface area contributed by atoms with E-state index in [0.29, 0.717) is 5.82 Å². The van der Waals surface area contributed by atoms with E-state index in [1.54, 1.807) is 6.33 Å². The van der Waals surface area contributed by atoms with Crippen molar-refractivity contribution in [3.05, 3.63) is 11.9 Å². The summed E-state index contributed by atoms with van der Waals surface area (Å²) in [4.78, 5) is 10.6. The maximum Gasteiger partial charge on any atom is 0.137 e. The summed E-state index contributed by atoms with van der Waals surface area (Å²) < 4.78 is 0. The molecule has 0 fully saturated rings. The Morgan fingerprint density at radius 2 is 2.00 bits per heavy atom. The fraction of sp³-hybridized carbons (Fsp3) is 0.667. The zero-order chi connectivity index (χ0) is 12.0. The Labute approximate surface area is 97.9 Å². The molecule has 0 aliphatic rings. The smallest absolute Gasteiger partial charge is 0.137 e. The van der Waals surface area contributed by atoms with Crippen LogP contribution in [-0.2, 0) is 6.42 Å². The van der Waals surface area contributed by atoms with Gasteiger partial charge in [-0.15, -0.1) is 0 Å². The fourth-order valence-electron chi connectivity index (χ4n) is 1.74. The molecule has 0 unspecified atom stereocenters. The molecule has 0 aliphatic carbocycles. The quantitative estimate of drug-likeness (QED) is 0.802. The lowest BCUT2D eigenvalue weighted by Crippen LogP contribution is -2.22. The zero-order valence-electron chi connectivity index (χ0n) is 10.5. The predicted molar refractivity (Wildman–Crippen MR) is 68.6 cm³/mol. The monoisotopic (exact) mass is 222 g/mol. The standard InChI is InChI=1S/C12H22N4/c1-4-6-8-16(3)12-10(7-5-2)11(13)14-9-15-12/h9H,4-8H2,1-3H3,(H2,13,14,15). The Kier molecular flexibility index (Phi) is 5.02. The first-order valence-corrected chi connectivity index (χ1v) is 6.01. The fourth-order valence-corrected chi connectivity index (χ4v) is 1.74. The number of nitrogen functional groups attached to an aromatic ring is 1. The van der Waals surface area contributed by atoms with E-state index in [4.69, 9.17) is 5.73 Å². The van der Waals surface area contributed by atoms with Crippen molar-refractivity contribution in [2.75, 3.05) is 24.2 Å². The van der Waals surface area contributed by atoms with Crippen LogP contribution in [-0.4, -0.2) is 23.6 Å². The van der Waals surface area contributed by atoms with Crippen LogP contribution in [0.4, 0.5) is 11.6 Å². The summed E-state index contributed by atoms with van der Waals surface area (Å²) in [5.74, 6) is 1.61. The summed E-state index contributed by atoms with van der Waals surface area (Å²) in [6.07, 6.45) is 5.91. The highest BCUT2D eigenvalue weighted by Gasteiger charge is 2.11. The van der Waals surface area contributed by atoms with Crippen LogP contribution >= 0.6 is 0 Å². The number of hydrogen-bond donors (Lipinski definition) is 1. The lowest BCUT2D eigenvalue weighted by atomic mass is 10.1. The molecule has 0 saturated heterocycles. The number of rotatable bonds is 6. The highest BCUT2D eigenvalue weighted by molar-refractivity contribution is 5.56. The summed E-state index contributed by atoms with van der Waals surface area (Å²) in [5, 5.41) is 0. The van der Waals surface area contributed by atoms with Gasteiger partial charge in [-0.3, -0.25) is 0 Å². The average molecular weight is 222 g/mol. The van der Waals surface area contributed by atoms with Gasteiger partial charge in [-0.1, -0.05) is 26.7 Å². The summed E-state index contributed by atoms with van der Waals surface area (Å²) >= 11 is 0. The van der Waals surface area contributed by atoms with Crippen molar-refractivity contribution in [2.45, 2.75) is 39.5 Å². The number of anilines is 2. The van der Waals surface area contributed by atoms with Gasteiger partial charge in [-0.05, 0) is 12.8 Å². The Hall–Kier alpha value is -1.32. The molecule has 1 heterocycles. The molecule has 0 aromatic carbocycles. The van der Waals surface area contributed by atoms with Crippen LogP contribution in [0, 0.1) is 0 Å². The summed E-state index contributed by atoms with van der Waals surface area (Å²) in [6, 6.07) is 0. The Balaban J connectivity index is 2.88. The second kappa shape index (κ2) is 6.30. The van der Waals surface area contributed by atoms with Gasteiger partial charge in [0.2, 0.25) is 0 Å². The minimum atomic E-state index is 0.621. The van der Waals surface area contributed by atoms with Crippen molar-refractivity contribution in [1.82, 2.24) is 9.97 Å².